The molecule has 0 aliphatic carbocycles. The van der Waals surface area contributed by atoms with E-state index in [0.717, 1.165) is 21.2 Å². The first-order chi connectivity index (χ1) is 14.9. The van der Waals surface area contributed by atoms with Gasteiger partial charge in [0.1, 0.15) is 12.4 Å². The van der Waals surface area contributed by atoms with Crippen molar-refractivity contribution in [1.82, 2.24) is 5.43 Å². The van der Waals surface area contributed by atoms with E-state index in [1.54, 1.807) is 6.07 Å². The van der Waals surface area contributed by atoms with Crippen LogP contribution in [0.3, 0.4) is 0 Å². The number of nitrogens with one attached hydrogen (secondary N) is 2. The molecule has 0 unspecified atom stereocenters. The van der Waals surface area contributed by atoms with E-state index in [4.69, 9.17) is 4.74 Å². The van der Waals surface area contributed by atoms with Gasteiger partial charge in [-0.1, -0.05) is 52.3 Å². The molecule has 0 spiro atoms. The molecular weight excluding hydrogens is 458 g/mol. The molecule has 0 radical (unpaired) electrons. The van der Waals surface area contributed by atoms with Crippen molar-refractivity contribution >= 4 is 39.6 Å². The number of carbonyl (C=O) groups is 2. The fraction of sp³-hybridized carbons (Fsp3) is 0.125. The molecule has 0 saturated heterocycles. The van der Waals surface area contributed by atoms with E-state index < -0.39 is 11.8 Å². The van der Waals surface area contributed by atoms with Crippen molar-refractivity contribution in [2.75, 3.05) is 5.32 Å². The van der Waals surface area contributed by atoms with Gasteiger partial charge in [-0.05, 0) is 60.9 Å². The molecule has 0 aliphatic heterocycles. The van der Waals surface area contributed by atoms with Gasteiger partial charge in [0.25, 0.3) is 0 Å². The number of nitrogens with zero attached hydrogens (tertiary/aromatic N) is 1. The Labute approximate surface area is 189 Å². The van der Waals surface area contributed by atoms with Crippen LogP contribution in [0, 0.1) is 13.8 Å². The second-order valence-corrected chi connectivity index (χ2v) is 7.82. The van der Waals surface area contributed by atoms with E-state index in [2.05, 4.69) is 31.8 Å². The predicted octanol–water partition coefficient (Wildman–Crippen LogP) is 4.73. The molecule has 3 aromatic rings. The number of benzene rings is 3. The Morgan fingerprint density at radius 2 is 1.74 bits per heavy atom. The monoisotopic (exact) mass is 479 g/mol. The van der Waals surface area contributed by atoms with Crippen LogP contribution in [-0.4, -0.2) is 18.0 Å². The summed E-state index contributed by atoms with van der Waals surface area (Å²) in [7, 11) is 0. The molecule has 0 heterocycles. The fourth-order valence-electron chi connectivity index (χ4n) is 2.71. The van der Waals surface area contributed by atoms with Crippen molar-refractivity contribution in [2.45, 2.75) is 20.5 Å². The highest BCUT2D eigenvalue weighted by Gasteiger charge is 2.13. The highest BCUT2D eigenvalue weighted by atomic mass is 79.9. The Bertz CT molecular complexity index is 1110. The summed E-state index contributed by atoms with van der Waals surface area (Å²) < 4.78 is 6.71. The van der Waals surface area contributed by atoms with Gasteiger partial charge in [0.05, 0.1) is 6.21 Å². The predicted molar refractivity (Wildman–Crippen MR) is 125 cm³/mol. The van der Waals surface area contributed by atoms with Crippen molar-refractivity contribution in [2.24, 2.45) is 5.10 Å². The Hall–Kier alpha value is -3.45. The molecule has 2 amide bonds. The smallest absolute Gasteiger partial charge is 0.329 e. The zero-order valence-electron chi connectivity index (χ0n) is 17.2. The number of hydrogen-bond donors (Lipinski definition) is 2. The van der Waals surface area contributed by atoms with Gasteiger partial charge in [-0.2, -0.15) is 5.10 Å². The minimum Gasteiger partial charge on any atom is -0.488 e. The molecule has 2 N–H and O–H groups in total. The highest BCUT2D eigenvalue weighted by Crippen LogP contribution is 2.23. The van der Waals surface area contributed by atoms with Crippen molar-refractivity contribution in [3.63, 3.8) is 0 Å². The molecule has 158 valence electrons. The summed E-state index contributed by atoms with van der Waals surface area (Å²) in [6, 6.07) is 20.7. The molecule has 7 heteroatoms. The van der Waals surface area contributed by atoms with Crippen LogP contribution < -0.4 is 15.5 Å². The summed E-state index contributed by atoms with van der Waals surface area (Å²) in [5.41, 5.74) is 6.61. The second-order valence-electron chi connectivity index (χ2n) is 6.91. The lowest BCUT2D eigenvalue weighted by Crippen LogP contribution is -2.32. The molecule has 3 rings (SSSR count). The molecular formula is C24H22BrN3O3. The SMILES string of the molecule is Cc1ccc(NC(=O)C(=O)N/N=C\c2cc(Br)ccc2OCc2ccccc2)cc1C. The van der Waals surface area contributed by atoms with E-state index in [-0.39, 0.29) is 0 Å². The first-order valence-corrected chi connectivity index (χ1v) is 10.4. The van der Waals surface area contributed by atoms with Crippen LogP contribution in [0.1, 0.15) is 22.3 Å². The fourth-order valence-corrected chi connectivity index (χ4v) is 3.08. The second kappa shape index (κ2) is 10.5. The maximum absolute atomic E-state index is 12.1. The van der Waals surface area contributed by atoms with E-state index in [1.165, 1.54) is 6.21 Å². The van der Waals surface area contributed by atoms with Gasteiger partial charge in [0, 0.05) is 15.7 Å². The molecule has 6 nitrogen and oxygen atoms in total. The third kappa shape index (κ3) is 6.52. The molecule has 0 aromatic heterocycles. The topological polar surface area (TPSA) is 79.8 Å². The van der Waals surface area contributed by atoms with Gasteiger partial charge >= 0.3 is 11.8 Å². The number of anilines is 1. The number of carbonyl (C=O) groups excluding carboxylic acids is 2. The quantitative estimate of drug-likeness (QED) is 0.304. The number of hydrazone groups is 1. The summed E-state index contributed by atoms with van der Waals surface area (Å²) in [5, 5.41) is 6.47. The van der Waals surface area contributed by atoms with Gasteiger partial charge < -0.3 is 10.1 Å². The van der Waals surface area contributed by atoms with Gasteiger partial charge in [-0.3, -0.25) is 9.59 Å². The molecule has 0 aliphatic rings. The van der Waals surface area contributed by atoms with Crippen LogP contribution >= 0.6 is 15.9 Å². The molecule has 31 heavy (non-hydrogen) atoms. The van der Waals surface area contributed by atoms with Crippen LogP contribution in [0.15, 0.2) is 76.3 Å². The average Bonchev–Trinajstić information content (AvgIpc) is 2.76. The van der Waals surface area contributed by atoms with Crippen LogP contribution in [0.25, 0.3) is 0 Å². The summed E-state index contributed by atoms with van der Waals surface area (Å²) in [4.78, 5) is 24.2. The van der Waals surface area contributed by atoms with Crippen molar-refractivity contribution in [3.05, 3.63) is 93.5 Å². The van der Waals surface area contributed by atoms with Gasteiger partial charge in [0.15, 0.2) is 0 Å². The van der Waals surface area contributed by atoms with Crippen molar-refractivity contribution < 1.29 is 14.3 Å². The minimum atomic E-state index is -0.865. The van der Waals surface area contributed by atoms with Crippen LogP contribution in [0.2, 0.25) is 0 Å². The maximum atomic E-state index is 12.1. The summed E-state index contributed by atoms with van der Waals surface area (Å²) in [6.07, 6.45) is 1.44. The highest BCUT2D eigenvalue weighted by molar-refractivity contribution is 9.10. The van der Waals surface area contributed by atoms with Crippen molar-refractivity contribution in [3.8, 4) is 5.75 Å². The largest absolute Gasteiger partial charge is 0.488 e. The molecule has 0 atom stereocenters. The van der Waals surface area contributed by atoms with E-state index in [0.29, 0.717) is 23.6 Å². The van der Waals surface area contributed by atoms with Crippen LogP contribution in [0.4, 0.5) is 5.69 Å². The lowest BCUT2D eigenvalue weighted by molar-refractivity contribution is -0.136. The normalized spacial score (nSPS) is 10.7. The first-order valence-electron chi connectivity index (χ1n) is 9.60. The zero-order valence-corrected chi connectivity index (χ0v) is 18.8. The van der Waals surface area contributed by atoms with Gasteiger partial charge in [0.2, 0.25) is 0 Å². The third-order valence-electron chi connectivity index (χ3n) is 4.55. The number of rotatable bonds is 6. The van der Waals surface area contributed by atoms with Crippen LogP contribution in [0.5, 0.6) is 5.75 Å². The minimum absolute atomic E-state index is 0.397. The van der Waals surface area contributed by atoms with Gasteiger partial charge in [-0.25, -0.2) is 5.43 Å². The summed E-state index contributed by atoms with van der Waals surface area (Å²) in [6.45, 7) is 4.31. The lowest BCUT2D eigenvalue weighted by atomic mass is 10.1. The standard InChI is InChI=1S/C24H22BrN3O3/c1-16-8-10-21(12-17(16)2)27-23(29)24(30)28-26-14-19-13-20(25)9-11-22(19)31-15-18-6-4-3-5-7-18/h3-14H,15H2,1-2H3,(H,27,29)(H,28,30)/b26-14-. The number of halogens is 1. The first kappa shape index (κ1) is 22.2. The number of hydrogen-bond acceptors (Lipinski definition) is 4. The van der Waals surface area contributed by atoms with Crippen molar-refractivity contribution in [1.29, 1.82) is 0 Å². The van der Waals surface area contributed by atoms with E-state index in [9.17, 15) is 9.59 Å². The summed E-state index contributed by atoms with van der Waals surface area (Å²) in [5.74, 6) is -1.06. The molecule has 0 saturated carbocycles. The Morgan fingerprint density at radius 1 is 0.968 bits per heavy atom. The van der Waals surface area contributed by atoms with E-state index in [1.807, 2.05) is 74.5 Å². The number of aryl methyl sites for hydroxylation is 2. The third-order valence-corrected chi connectivity index (χ3v) is 5.04. The Balaban J connectivity index is 1.61. The molecule has 0 fully saturated rings. The average molecular weight is 480 g/mol. The van der Waals surface area contributed by atoms with Crippen LogP contribution in [-0.2, 0) is 16.2 Å². The number of amides is 2. The Morgan fingerprint density at radius 3 is 2.48 bits per heavy atom. The van der Waals surface area contributed by atoms with Gasteiger partial charge in [-0.15, -0.1) is 0 Å². The number of ether oxygens (including phenoxy) is 1. The van der Waals surface area contributed by atoms with E-state index >= 15 is 0 Å². The Kier molecular flexibility index (Phi) is 7.56. The zero-order chi connectivity index (χ0) is 22.2. The molecule has 0 bridgehead atoms. The lowest BCUT2D eigenvalue weighted by Gasteiger charge is -2.10. The summed E-state index contributed by atoms with van der Waals surface area (Å²) >= 11 is 3.42. The molecule has 3 aromatic carbocycles. The maximum Gasteiger partial charge on any atom is 0.329 e.